The molecule has 1 heterocycles. The van der Waals surface area contributed by atoms with Crippen LogP contribution in [0.15, 0.2) is 0 Å². The van der Waals surface area contributed by atoms with Crippen LogP contribution < -0.4 is 10.6 Å². The first-order valence-corrected chi connectivity index (χ1v) is 7.73. The number of carbonyl (C=O) groups excluding carboxylic acids is 1. The minimum Gasteiger partial charge on any atom is -0.355 e. The monoisotopic (exact) mass is 269 g/mol. The second-order valence-corrected chi connectivity index (χ2v) is 6.13. The molecule has 1 fully saturated rings. The van der Waals surface area contributed by atoms with Gasteiger partial charge in [-0.2, -0.15) is 0 Å². The molecule has 0 radical (unpaired) electrons. The van der Waals surface area contributed by atoms with Gasteiger partial charge in [-0.3, -0.25) is 9.69 Å². The van der Waals surface area contributed by atoms with Crippen molar-refractivity contribution in [3.8, 4) is 0 Å². The summed E-state index contributed by atoms with van der Waals surface area (Å²) in [7, 11) is 0. The number of rotatable bonds is 7. The van der Waals surface area contributed by atoms with Crippen molar-refractivity contribution in [2.75, 3.05) is 32.7 Å². The highest BCUT2D eigenvalue weighted by Gasteiger charge is 2.28. The standard InChI is InChI=1S/C15H31N3O/c1-5-6-17-15-9-14(12(2)3)10-18(11-15)8-7-16-13(4)19/h12,14-15,17H,5-11H2,1-4H3,(H,16,19). The van der Waals surface area contributed by atoms with Crippen molar-refractivity contribution in [1.29, 1.82) is 0 Å². The van der Waals surface area contributed by atoms with E-state index < -0.39 is 0 Å². The fourth-order valence-corrected chi connectivity index (χ4v) is 2.78. The van der Waals surface area contributed by atoms with Crippen molar-refractivity contribution < 1.29 is 4.79 Å². The summed E-state index contributed by atoms with van der Waals surface area (Å²) >= 11 is 0. The van der Waals surface area contributed by atoms with Crippen molar-refractivity contribution in [2.24, 2.45) is 11.8 Å². The SMILES string of the molecule is CCCNC1CC(C(C)C)CN(CCNC(C)=O)C1. The van der Waals surface area contributed by atoms with Crippen LogP contribution in [0.5, 0.6) is 0 Å². The molecule has 0 aromatic rings. The van der Waals surface area contributed by atoms with Gasteiger partial charge in [-0.1, -0.05) is 20.8 Å². The maximum absolute atomic E-state index is 10.9. The quantitative estimate of drug-likeness (QED) is 0.735. The third kappa shape index (κ3) is 6.39. The van der Waals surface area contributed by atoms with Crippen molar-refractivity contribution in [2.45, 2.75) is 46.6 Å². The molecule has 1 rings (SSSR count). The van der Waals surface area contributed by atoms with Gasteiger partial charge >= 0.3 is 0 Å². The van der Waals surface area contributed by atoms with E-state index in [0.717, 1.165) is 38.0 Å². The molecule has 19 heavy (non-hydrogen) atoms. The zero-order valence-electron chi connectivity index (χ0n) is 13.0. The molecule has 4 nitrogen and oxygen atoms in total. The van der Waals surface area contributed by atoms with Crippen molar-refractivity contribution in [3.63, 3.8) is 0 Å². The summed E-state index contributed by atoms with van der Waals surface area (Å²) in [5.74, 6) is 1.56. The fourth-order valence-electron chi connectivity index (χ4n) is 2.78. The van der Waals surface area contributed by atoms with Crippen LogP contribution in [0.2, 0.25) is 0 Å². The third-order valence-electron chi connectivity index (χ3n) is 3.99. The molecule has 2 atom stereocenters. The maximum Gasteiger partial charge on any atom is 0.216 e. The van der Waals surface area contributed by atoms with E-state index in [-0.39, 0.29) is 5.91 Å². The van der Waals surface area contributed by atoms with E-state index in [2.05, 4.69) is 36.3 Å². The van der Waals surface area contributed by atoms with Crippen molar-refractivity contribution in [1.82, 2.24) is 15.5 Å². The Bertz CT molecular complexity index is 268. The van der Waals surface area contributed by atoms with Crippen LogP contribution in [-0.4, -0.2) is 49.6 Å². The molecule has 0 spiro atoms. The van der Waals surface area contributed by atoms with E-state index in [1.807, 2.05) is 0 Å². The first-order valence-electron chi connectivity index (χ1n) is 7.73. The normalized spacial score (nSPS) is 24.7. The number of nitrogens with one attached hydrogen (secondary N) is 2. The summed E-state index contributed by atoms with van der Waals surface area (Å²) in [6, 6.07) is 0.610. The molecule has 1 amide bonds. The first kappa shape index (κ1) is 16.4. The number of nitrogens with zero attached hydrogens (tertiary/aromatic N) is 1. The molecule has 1 aliphatic rings. The predicted octanol–water partition coefficient (Wildman–Crippen LogP) is 1.47. The zero-order chi connectivity index (χ0) is 14.3. The highest BCUT2D eigenvalue weighted by molar-refractivity contribution is 5.72. The third-order valence-corrected chi connectivity index (χ3v) is 3.99. The summed E-state index contributed by atoms with van der Waals surface area (Å²) in [6.45, 7) is 13.5. The lowest BCUT2D eigenvalue weighted by Crippen LogP contribution is -2.51. The molecule has 1 saturated heterocycles. The lowest BCUT2D eigenvalue weighted by molar-refractivity contribution is -0.119. The van der Waals surface area contributed by atoms with E-state index in [1.54, 1.807) is 6.92 Å². The zero-order valence-corrected chi connectivity index (χ0v) is 13.0. The fraction of sp³-hybridized carbons (Fsp3) is 0.933. The highest BCUT2D eigenvalue weighted by atomic mass is 16.1. The Balaban J connectivity index is 2.42. The number of likely N-dealkylation sites (tertiary alicyclic amines) is 1. The van der Waals surface area contributed by atoms with E-state index >= 15 is 0 Å². The molecule has 0 aliphatic carbocycles. The summed E-state index contributed by atoms with van der Waals surface area (Å²) in [5.41, 5.74) is 0. The summed E-state index contributed by atoms with van der Waals surface area (Å²) in [6.07, 6.45) is 2.48. The average Bonchev–Trinajstić information content (AvgIpc) is 2.35. The summed E-state index contributed by atoms with van der Waals surface area (Å²) in [5, 5.41) is 6.55. The maximum atomic E-state index is 10.9. The molecule has 2 unspecified atom stereocenters. The van der Waals surface area contributed by atoms with E-state index in [1.165, 1.54) is 19.4 Å². The van der Waals surface area contributed by atoms with E-state index in [4.69, 9.17) is 0 Å². The Kier molecular flexibility index (Phi) is 7.39. The second kappa shape index (κ2) is 8.54. The van der Waals surface area contributed by atoms with Gasteiger partial charge in [-0.15, -0.1) is 0 Å². The molecular formula is C15H31N3O. The minimum atomic E-state index is 0.0677. The molecule has 1 aliphatic heterocycles. The second-order valence-electron chi connectivity index (χ2n) is 6.13. The Morgan fingerprint density at radius 3 is 2.63 bits per heavy atom. The molecular weight excluding hydrogens is 238 g/mol. The minimum absolute atomic E-state index is 0.0677. The molecule has 4 heteroatoms. The Morgan fingerprint density at radius 1 is 1.32 bits per heavy atom. The summed E-state index contributed by atoms with van der Waals surface area (Å²) < 4.78 is 0. The van der Waals surface area contributed by atoms with Crippen molar-refractivity contribution >= 4 is 5.91 Å². The van der Waals surface area contributed by atoms with E-state index in [0.29, 0.717) is 6.04 Å². The molecule has 0 saturated carbocycles. The number of hydrogen-bond acceptors (Lipinski definition) is 3. The molecule has 2 N–H and O–H groups in total. The number of piperidine rings is 1. The van der Waals surface area contributed by atoms with Gasteiger partial charge in [0.1, 0.15) is 0 Å². The van der Waals surface area contributed by atoms with Crippen LogP contribution in [0.1, 0.15) is 40.5 Å². The van der Waals surface area contributed by atoms with Crippen molar-refractivity contribution in [3.05, 3.63) is 0 Å². The first-order chi connectivity index (χ1) is 9.02. The lowest BCUT2D eigenvalue weighted by atomic mass is 9.85. The van der Waals surface area contributed by atoms with Gasteiger partial charge in [0.25, 0.3) is 0 Å². The number of amides is 1. The molecule has 112 valence electrons. The average molecular weight is 269 g/mol. The van der Waals surface area contributed by atoms with Crippen LogP contribution in [0.4, 0.5) is 0 Å². The topological polar surface area (TPSA) is 44.4 Å². The van der Waals surface area contributed by atoms with E-state index in [9.17, 15) is 4.79 Å². The van der Waals surface area contributed by atoms with Gasteiger partial charge in [0.2, 0.25) is 5.91 Å². The largest absolute Gasteiger partial charge is 0.355 e. The Labute approximate surface area is 118 Å². The van der Waals surface area contributed by atoms with Gasteiger partial charge < -0.3 is 10.6 Å². The van der Waals surface area contributed by atoms with Crippen LogP contribution >= 0.6 is 0 Å². The molecule has 0 bridgehead atoms. The molecule has 0 aromatic carbocycles. The Morgan fingerprint density at radius 2 is 2.05 bits per heavy atom. The summed E-state index contributed by atoms with van der Waals surface area (Å²) in [4.78, 5) is 13.4. The van der Waals surface area contributed by atoms with Crippen LogP contribution in [0.25, 0.3) is 0 Å². The predicted molar refractivity (Wildman–Crippen MR) is 80.2 cm³/mol. The number of carbonyl (C=O) groups is 1. The van der Waals surface area contributed by atoms with Crippen LogP contribution in [-0.2, 0) is 4.79 Å². The Hall–Kier alpha value is -0.610. The highest BCUT2D eigenvalue weighted by Crippen LogP contribution is 2.23. The van der Waals surface area contributed by atoms with Gasteiger partial charge in [0, 0.05) is 39.1 Å². The van der Waals surface area contributed by atoms with Gasteiger partial charge in [-0.05, 0) is 31.2 Å². The van der Waals surface area contributed by atoms with Gasteiger partial charge in [0.05, 0.1) is 0 Å². The van der Waals surface area contributed by atoms with Crippen LogP contribution in [0.3, 0.4) is 0 Å². The van der Waals surface area contributed by atoms with Gasteiger partial charge in [-0.25, -0.2) is 0 Å². The lowest BCUT2D eigenvalue weighted by Gasteiger charge is -2.40. The smallest absolute Gasteiger partial charge is 0.216 e. The van der Waals surface area contributed by atoms with Crippen LogP contribution in [0, 0.1) is 11.8 Å². The van der Waals surface area contributed by atoms with Gasteiger partial charge in [0.15, 0.2) is 0 Å². The molecule has 0 aromatic heterocycles. The number of hydrogen-bond donors (Lipinski definition) is 2.